The van der Waals surface area contributed by atoms with E-state index in [2.05, 4.69) is 9.80 Å². The van der Waals surface area contributed by atoms with Crippen LogP contribution < -0.4 is 10.6 Å². The van der Waals surface area contributed by atoms with Crippen LogP contribution >= 0.6 is 0 Å². The average Bonchev–Trinajstić information content (AvgIpc) is 3.28. The molecule has 2 N–H and O–H groups in total. The highest BCUT2D eigenvalue weighted by atomic mass is 16.6. The zero-order valence-corrected chi connectivity index (χ0v) is 17.2. The fourth-order valence-electron chi connectivity index (χ4n) is 4.42. The molecular weight excluding hydrogens is 382 g/mol. The van der Waals surface area contributed by atoms with Gasteiger partial charge in [-0.1, -0.05) is 30.3 Å². The molecule has 0 aliphatic carbocycles. The van der Waals surface area contributed by atoms with Crippen LogP contribution in [-0.4, -0.2) is 60.4 Å². The lowest BCUT2D eigenvalue weighted by atomic mass is 10.00. The molecular formula is C22H27N5O3. The maximum atomic E-state index is 13.8. The van der Waals surface area contributed by atoms with Gasteiger partial charge in [-0.2, -0.15) is 0 Å². The van der Waals surface area contributed by atoms with Crippen LogP contribution in [-0.2, 0) is 0 Å². The SMILES string of the molecule is CN1CCN(C(=O)c2cc([N+](=O)[O-])c(N)cc2N2CCCC2)C(c2ccccc2)C1. The molecule has 1 atom stereocenters. The number of likely N-dealkylation sites (N-methyl/N-ethyl adjacent to an activating group) is 1. The van der Waals surface area contributed by atoms with Gasteiger partial charge in [0.05, 0.1) is 22.2 Å². The lowest BCUT2D eigenvalue weighted by Gasteiger charge is -2.41. The molecule has 0 aromatic heterocycles. The Labute approximate surface area is 176 Å². The Bertz CT molecular complexity index is 943. The first-order valence-corrected chi connectivity index (χ1v) is 10.3. The number of amides is 1. The van der Waals surface area contributed by atoms with Gasteiger partial charge in [0.1, 0.15) is 5.69 Å². The van der Waals surface area contributed by atoms with Crippen molar-refractivity contribution in [1.29, 1.82) is 0 Å². The van der Waals surface area contributed by atoms with Gasteiger partial charge in [-0.15, -0.1) is 0 Å². The van der Waals surface area contributed by atoms with Crippen LogP contribution in [0.5, 0.6) is 0 Å². The highest BCUT2D eigenvalue weighted by Gasteiger charge is 2.34. The van der Waals surface area contributed by atoms with Crippen molar-refractivity contribution in [2.75, 3.05) is 50.4 Å². The Hall–Kier alpha value is -3.13. The number of carbonyl (C=O) groups excluding carboxylic acids is 1. The molecule has 1 amide bonds. The smallest absolute Gasteiger partial charge is 0.293 e. The van der Waals surface area contributed by atoms with Crippen molar-refractivity contribution >= 4 is 23.0 Å². The van der Waals surface area contributed by atoms with Gasteiger partial charge in [0.15, 0.2) is 0 Å². The first-order chi connectivity index (χ1) is 14.5. The molecule has 4 rings (SSSR count). The van der Waals surface area contributed by atoms with E-state index >= 15 is 0 Å². The zero-order valence-electron chi connectivity index (χ0n) is 17.2. The maximum absolute atomic E-state index is 13.8. The number of hydrogen-bond acceptors (Lipinski definition) is 6. The molecule has 2 aromatic rings. The number of nitro benzene ring substituents is 1. The molecule has 2 heterocycles. The highest BCUT2D eigenvalue weighted by Crippen LogP contribution is 2.36. The largest absolute Gasteiger partial charge is 0.393 e. The van der Waals surface area contributed by atoms with E-state index in [4.69, 9.17) is 5.73 Å². The number of rotatable bonds is 4. The van der Waals surface area contributed by atoms with Gasteiger partial charge in [0.25, 0.3) is 11.6 Å². The van der Waals surface area contributed by atoms with E-state index in [9.17, 15) is 14.9 Å². The second-order valence-electron chi connectivity index (χ2n) is 8.07. The van der Waals surface area contributed by atoms with Crippen LogP contribution in [0.25, 0.3) is 0 Å². The average molecular weight is 409 g/mol. The Balaban J connectivity index is 1.76. The second kappa shape index (κ2) is 8.31. The molecule has 2 fully saturated rings. The van der Waals surface area contributed by atoms with Crippen LogP contribution in [0.4, 0.5) is 17.1 Å². The number of nitrogens with zero attached hydrogens (tertiary/aromatic N) is 4. The Morgan fingerprint density at radius 2 is 1.80 bits per heavy atom. The van der Waals surface area contributed by atoms with Crippen molar-refractivity contribution in [2.24, 2.45) is 0 Å². The maximum Gasteiger partial charge on any atom is 0.293 e. The summed E-state index contributed by atoms with van der Waals surface area (Å²) in [6, 6.07) is 12.8. The van der Waals surface area contributed by atoms with Crippen molar-refractivity contribution in [2.45, 2.75) is 18.9 Å². The first kappa shape index (κ1) is 20.2. The van der Waals surface area contributed by atoms with Crippen molar-refractivity contribution < 1.29 is 9.72 Å². The number of nitrogens with two attached hydrogens (primary N) is 1. The molecule has 8 nitrogen and oxygen atoms in total. The number of benzene rings is 2. The summed E-state index contributed by atoms with van der Waals surface area (Å²) in [6.45, 7) is 3.67. The van der Waals surface area contributed by atoms with E-state index in [-0.39, 0.29) is 23.3 Å². The van der Waals surface area contributed by atoms with Gasteiger partial charge < -0.3 is 20.4 Å². The number of piperazine rings is 1. The van der Waals surface area contributed by atoms with Crippen LogP contribution in [0.3, 0.4) is 0 Å². The van der Waals surface area contributed by atoms with E-state index in [1.807, 2.05) is 42.3 Å². The second-order valence-corrected chi connectivity index (χ2v) is 8.07. The number of nitrogen functional groups attached to an aromatic ring is 1. The van der Waals surface area contributed by atoms with E-state index in [1.54, 1.807) is 6.07 Å². The number of nitro groups is 1. The van der Waals surface area contributed by atoms with Gasteiger partial charge in [-0.25, -0.2) is 0 Å². The molecule has 0 spiro atoms. The molecule has 30 heavy (non-hydrogen) atoms. The lowest BCUT2D eigenvalue weighted by molar-refractivity contribution is -0.383. The van der Waals surface area contributed by atoms with E-state index in [1.165, 1.54) is 6.07 Å². The molecule has 2 aromatic carbocycles. The number of hydrogen-bond donors (Lipinski definition) is 1. The monoisotopic (exact) mass is 409 g/mol. The Morgan fingerprint density at radius 1 is 1.10 bits per heavy atom. The Morgan fingerprint density at radius 3 is 2.47 bits per heavy atom. The van der Waals surface area contributed by atoms with Crippen molar-refractivity contribution in [3.8, 4) is 0 Å². The molecule has 158 valence electrons. The first-order valence-electron chi connectivity index (χ1n) is 10.3. The van der Waals surface area contributed by atoms with Crippen molar-refractivity contribution in [1.82, 2.24) is 9.80 Å². The number of carbonyl (C=O) groups is 1. The third-order valence-electron chi connectivity index (χ3n) is 6.05. The van der Waals surface area contributed by atoms with Crippen LogP contribution in [0.2, 0.25) is 0 Å². The molecule has 0 bridgehead atoms. The van der Waals surface area contributed by atoms with Crippen LogP contribution in [0.15, 0.2) is 42.5 Å². The summed E-state index contributed by atoms with van der Waals surface area (Å²) in [5, 5.41) is 11.5. The standard InChI is InChI=1S/C22H27N5O3/c1-24-11-12-26(21(15-24)16-7-3-2-4-8-16)22(28)17-13-20(27(29)30)18(23)14-19(17)25-9-5-6-10-25/h2-4,7-8,13-14,21H,5-6,9-12,15,23H2,1H3. The molecule has 8 heteroatoms. The third kappa shape index (κ3) is 3.82. The van der Waals surface area contributed by atoms with E-state index in [0.717, 1.165) is 38.0 Å². The summed E-state index contributed by atoms with van der Waals surface area (Å²) in [6.07, 6.45) is 2.07. The van der Waals surface area contributed by atoms with E-state index < -0.39 is 4.92 Å². The molecule has 1 unspecified atom stereocenters. The fraction of sp³-hybridized carbons (Fsp3) is 0.409. The van der Waals surface area contributed by atoms with Crippen LogP contribution in [0.1, 0.15) is 34.8 Å². The third-order valence-corrected chi connectivity index (χ3v) is 6.05. The summed E-state index contributed by atoms with van der Waals surface area (Å²) in [5.74, 6) is -0.179. The summed E-state index contributed by atoms with van der Waals surface area (Å²) >= 11 is 0. The molecule has 2 aliphatic rings. The van der Waals surface area contributed by atoms with Gasteiger partial charge in [-0.3, -0.25) is 14.9 Å². The fourth-order valence-corrected chi connectivity index (χ4v) is 4.42. The summed E-state index contributed by atoms with van der Waals surface area (Å²) in [4.78, 5) is 30.9. The van der Waals surface area contributed by atoms with Gasteiger partial charge in [-0.05, 0) is 31.5 Å². The molecule has 0 radical (unpaired) electrons. The van der Waals surface area contributed by atoms with Crippen molar-refractivity contribution in [3.63, 3.8) is 0 Å². The summed E-state index contributed by atoms with van der Waals surface area (Å²) in [5.41, 5.74) is 7.98. The summed E-state index contributed by atoms with van der Waals surface area (Å²) in [7, 11) is 2.04. The van der Waals surface area contributed by atoms with E-state index in [0.29, 0.717) is 24.3 Å². The quantitative estimate of drug-likeness (QED) is 0.474. The molecule has 2 aliphatic heterocycles. The molecule has 2 saturated heterocycles. The lowest BCUT2D eigenvalue weighted by Crippen LogP contribution is -2.49. The van der Waals surface area contributed by atoms with Gasteiger partial charge in [0.2, 0.25) is 0 Å². The predicted molar refractivity (Wildman–Crippen MR) is 117 cm³/mol. The van der Waals surface area contributed by atoms with Gasteiger partial charge in [0, 0.05) is 38.8 Å². The Kier molecular flexibility index (Phi) is 5.59. The minimum Gasteiger partial charge on any atom is -0.393 e. The van der Waals surface area contributed by atoms with Crippen molar-refractivity contribution in [3.05, 3.63) is 63.7 Å². The van der Waals surface area contributed by atoms with Gasteiger partial charge >= 0.3 is 0 Å². The number of anilines is 2. The summed E-state index contributed by atoms with van der Waals surface area (Å²) < 4.78 is 0. The zero-order chi connectivity index (χ0) is 21.3. The normalized spacial score (nSPS) is 19.8. The van der Waals surface area contributed by atoms with Crippen LogP contribution in [0, 0.1) is 10.1 Å². The highest BCUT2D eigenvalue weighted by molar-refractivity contribution is 6.02. The minimum absolute atomic E-state index is 0.0939. The predicted octanol–water partition coefficient (Wildman–Crippen LogP) is 2.91. The minimum atomic E-state index is -0.515. The topological polar surface area (TPSA) is 95.9 Å². The molecule has 0 saturated carbocycles.